The first-order valence-electron chi connectivity index (χ1n) is 5.70. The lowest BCUT2D eigenvalue weighted by molar-refractivity contribution is 0.0496. The number of nitriles is 1. The molecular weight excluding hydrogens is 282 g/mol. The lowest BCUT2D eigenvalue weighted by Gasteiger charge is -2.22. The van der Waals surface area contributed by atoms with E-state index in [4.69, 9.17) is 14.7 Å². The minimum Gasteiger partial charge on any atom is -0.492 e. The van der Waals surface area contributed by atoms with Gasteiger partial charge in [-0.25, -0.2) is 0 Å². The van der Waals surface area contributed by atoms with E-state index in [1.54, 1.807) is 6.07 Å². The molecule has 0 atom stereocenters. The Kier molecular flexibility index (Phi) is 4.41. The molecule has 0 aromatic heterocycles. The van der Waals surface area contributed by atoms with E-state index in [1.807, 2.05) is 12.1 Å². The largest absolute Gasteiger partial charge is 0.492 e. The van der Waals surface area contributed by atoms with Gasteiger partial charge in [0.2, 0.25) is 0 Å². The minimum atomic E-state index is 0.557. The van der Waals surface area contributed by atoms with Crippen molar-refractivity contribution in [3.8, 4) is 11.8 Å². The monoisotopic (exact) mass is 295 g/mol. The Balaban J connectivity index is 1.96. The molecule has 0 unspecified atom stereocenters. The first kappa shape index (κ1) is 12.4. The first-order valence-corrected chi connectivity index (χ1v) is 6.49. The third-order valence-electron chi connectivity index (χ3n) is 2.90. The Morgan fingerprint density at radius 3 is 2.88 bits per heavy atom. The number of benzene rings is 1. The summed E-state index contributed by atoms with van der Waals surface area (Å²) in [5, 5.41) is 8.91. The molecule has 0 radical (unpaired) electrons. The topological polar surface area (TPSA) is 42.2 Å². The molecule has 1 fully saturated rings. The SMILES string of the molecule is N#Cc1cccc(OCC2CCOCC2)c1Br. The van der Waals surface area contributed by atoms with E-state index in [0.717, 1.165) is 36.3 Å². The predicted molar refractivity (Wildman–Crippen MR) is 67.9 cm³/mol. The van der Waals surface area contributed by atoms with Gasteiger partial charge >= 0.3 is 0 Å². The lowest BCUT2D eigenvalue weighted by atomic mass is 10.0. The lowest BCUT2D eigenvalue weighted by Crippen LogP contribution is -2.21. The standard InChI is InChI=1S/C13H14BrNO2/c14-13-11(8-15)2-1-3-12(13)17-9-10-4-6-16-7-5-10/h1-3,10H,4-7,9H2. The Bertz CT molecular complexity index is 422. The normalized spacial score (nSPS) is 16.5. The van der Waals surface area contributed by atoms with Crippen molar-refractivity contribution in [1.82, 2.24) is 0 Å². The van der Waals surface area contributed by atoms with Crippen molar-refractivity contribution in [1.29, 1.82) is 5.26 Å². The van der Waals surface area contributed by atoms with E-state index in [0.29, 0.717) is 18.1 Å². The second kappa shape index (κ2) is 6.04. The highest BCUT2D eigenvalue weighted by Gasteiger charge is 2.15. The van der Waals surface area contributed by atoms with Gasteiger partial charge in [-0.15, -0.1) is 0 Å². The molecular formula is C13H14BrNO2. The average molecular weight is 296 g/mol. The highest BCUT2D eigenvalue weighted by atomic mass is 79.9. The number of rotatable bonds is 3. The quantitative estimate of drug-likeness (QED) is 0.860. The van der Waals surface area contributed by atoms with Crippen molar-refractivity contribution in [2.24, 2.45) is 5.92 Å². The van der Waals surface area contributed by atoms with Gasteiger partial charge in [-0.3, -0.25) is 0 Å². The third kappa shape index (κ3) is 3.21. The summed E-state index contributed by atoms with van der Waals surface area (Å²) in [6.45, 7) is 2.34. The molecule has 4 heteroatoms. The van der Waals surface area contributed by atoms with Crippen LogP contribution in [0.25, 0.3) is 0 Å². The van der Waals surface area contributed by atoms with Gasteiger partial charge in [0, 0.05) is 13.2 Å². The van der Waals surface area contributed by atoms with Crippen molar-refractivity contribution in [3.05, 3.63) is 28.2 Å². The Morgan fingerprint density at radius 1 is 1.41 bits per heavy atom. The van der Waals surface area contributed by atoms with Crippen LogP contribution >= 0.6 is 15.9 Å². The summed E-state index contributed by atoms with van der Waals surface area (Å²) < 4.78 is 11.8. The van der Waals surface area contributed by atoms with Crippen LogP contribution in [0.2, 0.25) is 0 Å². The van der Waals surface area contributed by atoms with Crippen LogP contribution in [0.15, 0.2) is 22.7 Å². The van der Waals surface area contributed by atoms with Crippen molar-refractivity contribution in [3.63, 3.8) is 0 Å². The van der Waals surface area contributed by atoms with Gasteiger partial charge in [0.15, 0.2) is 0 Å². The average Bonchev–Trinajstić information content (AvgIpc) is 2.39. The Hall–Kier alpha value is -1.05. The van der Waals surface area contributed by atoms with Crippen LogP contribution in [0, 0.1) is 17.2 Å². The molecule has 3 nitrogen and oxygen atoms in total. The fraction of sp³-hybridized carbons (Fsp3) is 0.462. The number of hydrogen-bond acceptors (Lipinski definition) is 3. The second-order valence-electron chi connectivity index (χ2n) is 4.10. The Morgan fingerprint density at radius 2 is 2.18 bits per heavy atom. The summed E-state index contributed by atoms with van der Waals surface area (Å²) in [5.74, 6) is 1.30. The molecule has 17 heavy (non-hydrogen) atoms. The van der Waals surface area contributed by atoms with E-state index in [1.165, 1.54) is 0 Å². The minimum absolute atomic E-state index is 0.557. The summed E-state index contributed by atoms with van der Waals surface area (Å²) in [7, 11) is 0. The first-order chi connectivity index (χ1) is 8.31. The third-order valence-corrected chi connectivity index (χ3v) is 3.72. The van der Waals surface area contributed by atoms with Crippen LogP contribution < -0.4 is 4.74 Å². The summed E-state index contributed by atoms with van der Waals surface area (Å²) in [6, 6.07) is 7.61. The van der Waals surface area contributed by atoms with Crippen molar-refractivity contribution in [2.45, 2.75) is 12.8 Å². The maximum atomic E-state index is 8.91. The van der Waals surface area contributed by atoms with Gasteiger partial charge in [-0.1, -0.05) is 6.07 Å². The van der Waals surface area contributed by atoms with E-state index >= 15 is 0 Å². The van der Waals surface area contributed by atoms with Gasteiger partial charge in [-0.05, 0) is 46.8 Å². The zero-order chi connectivity index (χ0) is 12.1. The van der Waals surface area contributed by atoms with Crippen LogP contribution in [-0.4, -0.2) is 19.8 Å². The van der Waals surface area contributed by atoms with E-state index in [9.17, 15) is 0 Å². The van der Waals surface area contributed by atoms with Crippen molar-refractivity contribution < 1.29 is 9.47 Å². The highest BCUT2D eigenvalue weighted by Crippen LogP contribution is 2.29. The molecule has 0 saturated carbocycles. The van der Waals surface area contributed by atoms with E-state index in [-0.39, 0.29) is 0 Å². The molecule has 1 aliphatic rings. The second-order valence-corrected chi connectivity index (χ2v) is 4.89. The number of halogens is 1. The Labute approximate surface area is 109 Å². The molecule has 0 N–H and O–H groups in total. The molecule has 0 aliphatic carbocycles. The molecule has 0 bridgehead atoms. The molecule has 1 aliphatic heterocycles. The molecule has 0 spiro atoms. The zero-order valence-electron chi connectivity index (χ0n) is 9.49. The molecule has 1 saturated heterocycles. The summed E-state index contributed by atoms with van der Waals surface area (Å²) >= 11 is 3.39. The number of nitrogens with zero attached hydrogens (tertiary/aromatic N) is 1. The van der Waals surface area contributed by atoms with Crippen molar-refractivity contribution >= 4 is 15.9 Å². The maximum absolute atomic E-state index is 8.91. The molecule has 0 amide bonds. The molecule has 90 valence electrons. The summed E-state index contributed by atoms with van der Waals surface area (Å²) in [4.78, 5) is 0. The highest BCUT2D eigenvalue weighted by molar-refractivity contribution is 9.10. The van der Waals surface area contributed by atoms with Gasteiger partial charge in [0.25, 0.3) is 0 Å². The molecule has 1 aromatic rings. The van der Waals surface area contributed by atoms with Crippen LogP contribution in [0.3, 0.4) is 0 Å². The van der Waals surface area contributed by atoms with Crippen LogP contribution in [-0.2, 0) is 4.74 Å². The van der Waals surface area contributed by atoms with Crippen molar-refractivity contribution in [2.75, 3.05) is 19.8 Å². The summed E-state index contributed by atoms with van der Waals surface area (Å²) in [6.07, 6.45) is 2.10. The molecule has 1 heterocycles. The number of ether oxygens (including phenoxy) is 2. The van der Waals surface area contributed by atoms with E-state index < -0.39 is 0 Å². The van der Waals surface area contributed by atoms with Crippen LogP contribution in [0.4, 0.5) is 0 Å². The molecule has 1 aromatic carbocycles. The van der Waals surface area contributed by atoms with Gasteiger partial charge in [0.1, 0.15) is 11.8 Å². The fourth-order valence-electron chi connectivity index (χ4n) is 1.83. The van der Waals surface area contributed by atoms with Crippen LogP contribution in [0.5, 0.6) is 5.75 Å². The van der Waals surface area contributed by atoms with Gasteiger partial charge in [-0.2, -0.15) is 5.26 Å². The zero-order valence-corrected chi connectivity index (χ0v) is 11.1. The molecule has 2 rings (SSSR count). The summed E-state index contributed by atoms with van der Waals surface area (Å²) in [5.41, 5.74) is 0.606. The maximum Gasteiger partial charge on any atom is 0.134 e. The van der Waals surface area contributed by atoms with Gasteiger partial charge in [0.05, 0.1) is 16.6 Å². The number of hydrogen-bond donors (Lipinski definition) is 0. The smallest absolute Gasteiger partial charge is 0.134 e. The predicted octanol–water partition coefficient (Wildman–Crippen LogP) is 3.13. The van der Waals surface area contributed by atoms with Gasteiger partial charge < -0.3 is 9.47 Å². The van der Waals surface area contributed by atoms with E-state index in [2.05, 4.69) is 22.0 Å². The van der Waals surface area contributed by atoms with Crippen LogP contribution in [0.1, 0.15) is 18.4 Å². The fourth-order valence-corrected chi connectivity index (χ4v) is 2.30.